The van der Waals surface area contributed by atoms with Crippen LogP contribution in [-0.4, -0.2) is 29.7 Å². The van der Waals surface area contributed by atoms with Gasteiger partial charge in [-0.25, -0.2) is 0 Å². The molecule has 0 saturated carbocycles. The normalized spacial score (nSPS) is 9.86. The number of anilines is 1. The van der Waals surface area contributed by atoms with Crippen molar-refractivity contribution in [3.63, 3.8) is 0 Å². The second-order valence-corrected chi connectivity index (χ2v) is 2.56. The van der Waals surface area contributed by atoms with Crippen LogP contribution in [0.4, 0.5) is 6.01 Å². The molecule has 4 N–H and O–H groups in total. The van der Waals surface area contributed by atoms with Crippen LogP contribution in [-0.2, 0) is 11.3 Å². The summed E-state index contributed by atoms with van der Waals surface area (Å²) < 4.78 is 5.06. The number of carbonyl (C=O) groups is 1. The fourth-order valence-corrected chi connectivity index (χ4v) is 0.815. The van der Waals surface area contributed by atoms with Crippen molar-refractivity contribution < 1.29 is 9.21 Å². The highest BCUT2D eigenvalue weighted by Crippen LogP contribution is 2.03. The lowest BCUT2D eigenvalue weighted by Gasteiger charge is -1.99. The number of carbonyl (C=O) groups excluding carboxylic acids is 1. The molecule has 1 aromatic heterocycles. The second kappa shape index (κ2) is 5.18. The standard InChI is InChI=1S/C7H13N5O2/c1-9-5(13)2-3-10-7-12-11-6(4-8)14-7/h2-4,8H2,1H3,(H,9,13)(H,10,12). The third kappa shape index (κ3) is 3.02. The molecule has 1 amide bonds. The number of amides is 1. The minimum absolute atomic E-state index is 0.0453. The zero-order chi connectivity index (χ0) is 10.4. The SMILES string of the molecule is CNC(=O)CCNc1nnc(CN)o1. The summed E-state index contributed by atoms with van der Waals surface area (Å²) in [5.41, 5.74) is 5.27. The van der Waals surface area contributed by atoms with Crippen molar-refractivity contribution in [2.45, 2.75) is 13.0 Å². The lowest BCUT2D eigenvalue weighted by atomic mass is 10.4. The summed E-state index contributed by atoms with van der Waals surface area (Å²) in [6.07, 6.45) is 0.358. The first-order chi connectivity index (χ1) is 6.76. The summed E-state index contributed by atoms with van der Waals surface area (Å²) >= 11 is 0. The highest BCUT2D eigenvalue weighted by atomic mass is 16.4. The van der Waals surface area contributed by atoms with E-state index in [4.69, 9.17) is 10.2 Å². The average molecular weight is 199 g/mol. The quantitative estimate of drug-likeness (QED) is 0.566. The Morgan fingerprint density at radius 2 is 2.36 bits per heavy atom. The van der Waals surface area contributed by atoms with Gasteiger partial charge in [-0.05, 0) is 0 Å². The summed E-state index contributed by atoms with van der Waals surface area (Å²) in [6, 6.07) is 0.286. The molecular weight excluding hydrogens is 186 g/mol. The van der Waals surface area contributed by atoms with Crippen molar-refractivity contribution >= 4 is 11.9 Å². The number of hydrogen-bond donors (Lipinski definition) is 3. The van der Waals surface area contributed by atoms with Gasteiger partial charge in [-0.2, -0.15) is 0 Å². The van der Waals surface area contributed by atoms with E-state index in [1.165, 1.54) is 0 Å². The largest absolute Gasteiger partial charge is 0.407 e. The van der Waals surface area contributed by atoms with Crippen LogP contribution >= 0.6 is 0 Å². The van der Waals surface area contributed by atoms with Gasteiger partial charge < -0.3 is 20.8 Å². The first-order valence-electron chi connectivity index (χ1n) is 4.23. The van der Waals surface area contributed by atoms with Gasteiger partial charge in [0.1, 0.15) is 0 Å². The number of nitrogens with two attached hydrogens (primary N) is 1. The van der Waals surface area contributed by atoms with Crippen LogP contribution in [0.15, 0.2) is 4.42 Å². The molecular formula is C7H13N5O2. The third-order valence-electron chi connectivity index (χ3n) is 1.55. The van der Waals surface area contributed by atoms with Crippen molar-refractivity contribution in [3.05, 3.63) is 5.89 Å². The molecule has 0 aliphatic heterocycles. The number of nitrogens with zero attached hydrogens (tertiary/aromatic N) is 2. The second-order valence-electron chi connectivity index (χ2n) is 2.56. The summed E-state index contributed by atoms with van der Waals surface area (Å²) in [5, 5.41) is 12.6. The van der Waals surface area contributed by atoms with E-state index in [9.17, 15) is 4.79 Å². The summed E-state index contributed by atoms with van der Waals surface area (Å²) in [6.45, 7) is 0.663. The Bertz CT molecular complexity index is 298. The molecule has 78 valence electrons. The lowest BCUT2D eigenvalue weighted by molar-refractivity contribution is -0.120. The molecule has 7 nitrogen and oxygen atoms in total. The van der Waals surface area contributed by atoms with Gasteiger partial charge >= 0.3 is 6.01 Å². The highest BCUT2D eigenvalue weighted by molar-refractivity contribution is 5.75. The van der Waals surface area contributed by atoms with Crippen LogP contribution in [0.5, 0.6) is 0 Å². The van der Waals surface area contributed by atoms with Gasteiger partial charge in [0, 0.05) is 20.0 Å². The topological polar surface area (TPSA) is 106 Å². The first kappa shape index (κ1) is 10.5. The molecule has 0 spiro atoms. The Morgan fingerprint density at radius 3 is 2.93 bits per heavy atom. The molecule has 0 aliphatic rings. The van der Waals surface area contributed by atoms with E-state index in [0.29, 0.717) is 18.9 Å². The maximum atomic E-state index is 10.8. The monoisotopic (exact) mass is 199 g/mol. The van der Waals surface area contributed by atoms with Crippen LogP contribution in [0.25, 0.3) is 0 Å². The van der Waals surface area contributed by atoms with E-state index in [2.05, 4.69) is 20.8 Å². The molecule has 0 radical (unpaired) electrons. The molecule has 1 heterocycles. The zero-order valence-electron chi connectivity index (χ0n) is 7.91. The Morgan fingerprint density at radius 1 is 1.57 bits per heavy atom. The fourth-order valence-electron chi connectivity index (χ4n) is 0.815. The predicted molar refractivity (Wildman–Crippen MR) is 49.4 cm³/mol. The average Bonchev–Trinajstić information content (AvgIpc) is 2.65. The van der Waals surface area contributed by atoms with Gasteiger partial charge in [-0.1, -0.05) is 5.10 Å². The number of hydrogen-bond acceptors (Lipinski definition) is 6. The van der Waals surface area contributed by atoms with Crippen LogP contribution < -0.4 is 16.4 Å². The first-order valence-corrected chi connectivity index (χ1v) is 4.23. The Balaban J connectivity index is 2.27. The molecule has 0 saturated heterocycles. The van der Waals surface area contributed by atoms with Crippen LogP contribution in [0.3, 0.4) is 0 Å². The molecule has 0 fully saturated rings. The van der Waals surface area contributed by atoms with Crippen molar-refractivity contribution in [1.29, 1.82) is 0 Å². The maximum absolute atomic E-state index is 10.8. The molecule has 7 heteroatoms. The van der Waals surface area contributed by atoms with Crippen molar-refractivity contribution in [2.75, 3.05) is 18.9 Å². The van der Waals surface area contributed by atoms with Gasteiger partial charge in [-0.15, -0.1) is 5.10 Å². The minimum atomic E-state index is -0.0453. The number of rotatable bonds is 5. The van der Waals surface area contributed by atoms with Crippen LogP contribution in [0, 0.1) is 0 Å². The van der Waals surface area contributed by atoms with Crippen molar-refractivity contribution in [3.8, 4) is 0 Å². The van der Waals surface area contributed by atoms with E-state index >= 15 is 0 Å². The lowest BCUT2D eigenvalue weighted by Crippen LogP contribution is -2.20. The molecule has 1 aromatic rings. The molecule has 0 unspecified atom stereocenters. The predicted octanol–water partition coefficient (Wildman–Crippen LogP) is -0.924. The molecule has 1 rings (SSSR count). The van der Waals surface area contributed by atoms with E-state index in [0.717, 1.165) is 0 Å². The maximum Gasteiger partial charge on any atom is 0.315 e. The van der Waals surface area contributed by atoms with Gasteiger partial charge in [0.2, 0.25) is 11.8 Å². The number of nitrogens with one attached hydrogen (secondary N) is 2. The Hall–Kier alpha value is -1.63. The van der Waals surface area contributed by atoms with E-state index in [1.807, 2.05) is 0 Å². The third-order valence-corrected chi connectivity index (χ3v) is 1.55. The summed E-state index contributed by atoms with van der Waals surface area (Å²) in [4.78, 5) is 10.8. The molecule has 0 aromatic carbocycles. The van der Waals surface area contributed by atoms with Gasteiger partial charge in [0.15, 0.2) is 0 Å². The summed E-state index contributed by atoms with van der Waals surface area (Å²) in [7, 11) is 1.58. The Labute approximate surface area is 81.1 Å². The van der Waals surface area contributed by atoms with Crippen molar-refractivity contribution in [1.82, 2.24) is 15.5 Å². The summed E-state index contributed by atoms with van der Waals surface area (Å²) in [5.74, 6) is 0.323. The zero-order valence-corrected chi connectivity index (χ0v) is 7.91. The van der Waals surface area contributed by atoms with E-state index in [-0.39, 0.29) is 18.5 Å². The minimum Gasteiger partial charge on any atom is -0.407 e. The fraction of sp³-hybridized carbons (Fsp3) is 0.571. The van der Waals surface area contributed by atoms with Gasteiger partial charge in [-0.3, -0.25) is 4.79 Å². The number of aromatic nitrogens is 2. The van der Waals surface area contributed by atoms with Crippen molar-refractivity contribution in [2.24, 2.45) is 5.73 Å². The van der Waals surface area contributed by atoms with E-state index < -0.39 is 0 Å². The Kier molecular flexibility index (Phi) is 3.86. The molecule has 0 aliphatic carbocycles. The molecule has 0 atom stereocenters. The van der Waals surface area contributed by atoms with Gasteiger partial charge in [0.25, 0.3) is 0 Å². The van der Waals surface area contributed by atoms with Gasteiger partial charge in [0.05, 0.1) is 6.54 Å². The van der Waals surface area contributed by atoms with E-state index in [1.54, 1.807) is 7.05 Å². The molecule has 14 heavy (non-hydrogen) atoms. The smallest absolute Gasteiger partial charge is 0.315 e. The van der Waals surface area contributed by atoms with Crippen LogP contribution in [0.1, 0.15) is 12.3 Å². The van der Waals surface area contributed by atoms with Crippen LogP contribution in [0.2, 0.25) is 0 Å². The highest BCUT2D eigenvalue weighted by Gasteiger charge is 2.03. The molecule has 0 bridgehead atoms.